The Hall–Kier alpha value is -0.860. The van der Waals surface area contributed by atoms with Crippen LogP contribution in [0.2, 0.25) is 0 Å². The summed E-state index contributed by atoms with van der Waals surface area (Å²) in [5.74, 6) is 0.706. The van der Waals surface area contributed by atoms with Gasteiger partial charge in [-0.25, -0.2) is 0 Å². The summed E-state index contributed by atoms with van der Waals surface area (Å²) in [6, 6.07) is 11.6. The largest absolute Gasteiger partial charge is 0.330 e. The smallest absolute Gasteiger partial charge is 0.00695 e. The molecule has 0 radical (unpaired) electrons. The van der Waals surface area contributed by atoms with E-state index in [1.165, 1.54) is 24.9 Å². The SMILES string of the molecule is C[C@@H]1C[C@@](CCN)(Cc2ccccc2)[C@@H](C)CN1C. The number of nitrogens with zero attached hydrogens (tertiary/aromatic N) is 1. The van der Waals surface area contributed by atoms with Gasteiger partial charge in [0.15, 0.2) is 0 Å². The van der Waals surface area contributed by atoms with E-state index in [2.05, 4.69) is 56.1 Å². The van der Waals surface area contributed by atoms with Gasteiger partial charge < -0.3 is 10.6 Å². The molecule has 1 aliphatic rings. The van der Waals surface area contributed by atoms with Crippen molar-refractivity contribution < 1.29 is 0 Å². The Balaban J connectivity index is 2.21. The molecule has 1 heterocycles. The molecule has 2 nitrogen and oxygen atoms in total. The van der Waals surface area contributed by atoms with Crippen molar-refractivity contribution in [1.29, 1.82) is 0 Å². The molecule has 1 aromatic carbocycles. The van der Waals surface area contributed by atoms with Crippen LogP contribution in [-0.2, 0) is 6.42 Å². The minimum Gasteiger partial charge on any atom is -0.330 e. The molecular weight excluding hydrogens is 232 g/mol. The molecule has 0 aliphatic carbocycles. The highest BCUT2D eigenvalue weighted by Gasteiger charge is 2.41. The summed E-state index contributed by atoms with van der Waals surface area (Å²) >= 11 is 0. The maximum atomic E-state index is 5.93. The number of hydrogen-bond acceptors (Lipinski definition) is 2. The lowest BCUT2D eigenvalue weighted by Gasteiger charge is -2.49. The predicted octanol–water partition coefficient (Wildman–Crippen LogP) is 2.92. The second kappa shape index (κ2) is 6.06. The van der Waals surface area contributed by atoms with Crippen LogP contribution in [0.1, 0.15) is 32.3 Å². The lowest BCUT2D eigenvalue weighted by atomic mass is 9.64. The van der Waals surface area contributed by atoms with Crippen LogP contribution in [0.15, 0.2) is 30.3 Å². The highest BCUT2D eigenvalue weighted by atomic mass is 15.1. The van der Waals surface area contributed by atoms with Gasteiger partial charge in [-0.1, -0.05) is 37.3 Å². The maximum absolute atomic E-state index is 5.93. The van der Waals surface area contributed by atoms with Crippen molar-refractivity contribution in [2.75, 3.05) is 20.1 Å². The van der Waals surface area contributed by atoms with Crippen LogP contribution >= 0.6 is 0 Å². The Kier molecular flexibility index (Phi) is 4.64. The Bertz CT molecular complexity index is 390. The fourth-order valence-electron chi connectivity index (χ4n) is 3.72. The second-order valence-corrected chi connectivity index (χ2v) is 6.46. The molecule has 0 unspecified atom stereocenters. The molecule has 2 rings (SSSR count). The fraction of sp³-hybridized carbons (Fsp3) is 0.647. The van der Waals surface area contributed by atoms with E-state index < -0.39 is 0 Å². The van der Waals surface area contributed by atoms with E-state index in [1.807, 2.05) is 0 Å². The van der Waals surface area contributed by atoms with Crippen molar-refractivity contribution in [3.05, 3.63) is 35.9 Å². The van der Waals surface area contributed by atoms with E-state index in [9.17, 15) is 0 Å². The predicted molar refractivity (Wildman–Crippen MR) is 82.1 cm³/mol. The number of likely N-dealkylation sites (tertiary alicyclic amines) is 1. The van der Waals surface area contributed by atoms with E-state index in [4.69, 9.17) is 5.73 Å². The summed E-state index contributed by atoms with van der Waals surface area (Å²) in [5, 5.41) is 0. The molecule has 0 aromatic heterocycles. The zero-order valence-corrected chi connectivity index (χ0v) is 12.6. The van der Waals surface area contributed by atoms with Crippen LogP contribution < -0.4 is 5.73 Å². The van der Waals surface area contributed by atoms with Gasteiger partial charge in [-0.15, -0.1) is 0 Å². The molecule has 19 heavy (non-hydrogen) atoms. The maximum Gasteiger partial charge on any atom is 0.00695 e. The Morgan fingerprint density at radius 2 is 1.95 bits per heavy atom. The molecule has 3 atom stereocenters. The van der Waals surface area contributed by atoms with Crippen molar-refractivity contribution in [1.82, 2.24) is 4.90 Å². The Labute approximate surface area is 118 Å². The Morgan fingerprint density at radius 3 is 2.58 bits per heavy atom. The lowest BCUT2D eigenvalue weighted by molar-refractivity contribution is 0.0148. The molecule has 1 aliphatic heterocycles. The molecule has 0 amide bonds. The van der Waals surface area contributed by atoms with E-state index in [1.54, 1.807) is 0 Å². The van der Waals surface area contributed by atoms with Crippen LogP contribution in [0.5, 0.6) is 0 Å². The highest BCUT2D eigenvalue weighted by molar-refractivity contribution is 5.17. The van der Waals surface area contributed by atoms with Crippen molar-refractivity contribution in [3.63, 3.8) is 0 Å². The minimum absolute atomic E-state index is 0.377. The topological polar surface area (TPSA) is 29.3 Å². The average Bonchev–Trinajstić information content (AvgIpc) is 2.38. The van der Waals surface area contributed by atoms with Gasteiger partial charge >= 0.3 is 0 Å². The van der Waals surface area contributed by atoms with Gasteiger partial charge in [0.25, 0.3) is 0 Å². The molecule has 0 bridgehead atoms. The van der Waals surface area contributed by atoms with Crippen LogP contribution in [0.3, 0.4) is 0 Å². The van der Waals surface area contributed by atoms with Crippen LogP contribution in [0, 0.1) is 11.3 Å². The Morgan fingerprint density at radius 1 is 1.26 bits per heavy atom. The molecule has 2 N–H and O–H groups in total. The zero-order chi connectivity index (χ0) is 13.9. The van der Waals surface area contributed by atoms with Gasteiger partial charge in [0.2, 0.25) is 0 Å². The van der Waals surface area contributed by atoms with Gasteiger partial charge in [0.1, 0.15) is 0 Å². The van der Waals surface area contributed by atoms with Gasteiger partial charge in [0, 0.05) is 12.6 Å². The molecular formula is C17H28N2. The molecule has 1 aromatic rings. The molecule has 106 valence electrons. The van der Waals surface area contributed by atoms with Crippen LogP contribution in [0.25, 0.3) is 0 Å². The second-order valence-electron chi connectivity index (χ2n) is 6.46. The third-order valence-corrected chi connectivity index (χ3v) is 5.10. The quantitative estimate of drug-likeness (QED) is 0.902. The van der Waals surface area contributed by atoms with Crippen LogP contribution in [-0.4, -0.2) is 31.1 Å². The summed E-state index contributed by atoms with van der Waals surface area (Å²) in [6.07, 6.45) is 3.57. The summed E-state index contributed by atoms with van der Waals surface area (Å²) in [6.45, 7) is 6.74. The summed E-state index contributed by atoms with van der Waals surface area (Å²) in [4.78, 5) is 2.49. The molecule has 0 spiro atoms. The van der Waals surface area contributed by atoms with Crippen molar-refractivity contribution in [2.45, 2.75) is 39.2 Å². The van der Waals surface area contributed by atoms with E-state index in [0.29, 0.717) is 17.4 Å². The summed E-state index contributed by atoms with van der Waals surface area (Å²) in [5.41, 5.74) is 7.76. The number of piperidine rings is 1. The van der Waals surface area contributed by atoms with Gasteiger partial charge in [-0.3, -0.25) is 0 Å². The molecule has 2 heteroatoms. The van der Waals surface area contributed by atoms with Crippen molar-refractivity contribution in [2.24, 2.45) is 17.1 Å². The zero-order valence-electron chi connectivity index (χ0n) is 12.6. The number of rotatable bonds is 4. The monoisotopic (exact) mass is 260 g/mol. The first kappa shape index (κ1) is 14.5. The lowest BCUT2D eigenvalue weighted by Crippen LogP contribution is -2.50. The van der Waals surface area contributed by atoms with Gasteiger partial charge in [-0.2, -0.15) is 0 Å². The first-order valence-corrected chi connectivity index (χ1v) is 7.51. The molecule has 1 saturated heterocycles. The number of benzene rings is 1. The summed E-state index contributed by atoms with van der Waals surface area (Å²) in [7, 11) is 2.25. The normalized spacial score (nSPS) is 32.4. The first-order valence-electron chi connectivity index (χ1n) is 7.51. The van der Waals surface area contributed by atoms with Gasteiger partial charge in [0.05, 0.1) is 0 Å². The molecule has 0 saturated carbocycles. The van der Waals surface area contributed by atoms with E-state index >= 15 is 0 Å². The number of nitrogens with two attached hydrogens (primary N) is 1. The third kappa shape index (κ3) is 3.18. The molecule has 1 fully saturated rings. The van der Waals surface area contributed by atoms with E-state index in [-0.39, 0.29) is 0 Å². The highest BCUT2D eigenvalue weighted by Crippen LogP contribution is 2.44. The standard InChI is InChI=1S/C17H28N2/c1-14-13-19(3)15(2)11-17(14,9-10-18)12-16-7-5-4-6-8-16/h4-8,14-15H,9-13,18H2,1-3H3/t14-,15+,17-/m0/s1. The van der Waals surface area contributed by atoms with E-state index in [0.717, 1.165) is 13.0 Å². The minimum atomic E-state index is 0.377. The van der Waals surface area contributed by atoms with Crippen molar-refractivity contribution in [3.8, 4) is 0 Å². The van der Waals surface area contributed by atoms with Crippen molar-refractivity contribution >= 4 is 0 Å². The third-order valence-electron chi connectivity index (χ3n) is 5.10. The fourth-order valence-corrected chi connectivity index (χ4v) is 3.72. The van der Waals surface area contributed by atoms with Crippen LogP contribution in [0.4, 0.5) is 0 Å². The average molecular weight is 260 g/mol. The van der Waals surface area contributed by atoms with Gasteiger partial charge in [-0.05, 0) is 56.7 Å². The first-order chi connectivity index (χ1) is 9.07. The summed E-state index contributed by atoms with van der Waals surface area (Å²) < 4.78 is 0. The number of hydrogen-bond donors (Lipinski definition) is 1.